The molecule has 0 saturated carbocycles. The second kappa shape index (κ2) is 18.8. The van der Waals surface area contributed by atoms with E-state index in [9.17, 15) is 9.59 Å². The molecule has 0 unspecified atom stereocenters. The van der Waals surface area contributed by atoms with E-state index >= 15 is 0 Å². The molecule has 0 bridgehead atoms. The van der Waals surface area contributed by atoms with Crippen molar-refractivity contribution in [1.82, 2.24) is 34.6 Å². The van der Waals surface area contributed by atoms with Crippen LogP contribution in [0.3, 0.4) is 0 Å². The van der Waals surface area contributed by atoms with Gasteiger partial charge in [-0.25, -0.2) is 14.8 Å². The molecule has 1 aromatic carbocycles. The van der Waals surface area contributed by atoms with Gasteiger partial charge >= 0.3 is 11.8 Å². The van der Waals surface area contributed by atoms with Gasteiger partial charge in [0.1, 0.15) is 11.6 Å². The number of aromatic amines is 2. The Bertz CT molecular complexity index is 1410. The molecule has 0 atom stereocenters. The molecule has 0 saturated heterocycles. The number of benzene rings is 1. The summed E-state index contributed by atoms with van der Waals surface area (Å²) in [5.41, 5.74) is 2.39. The topological polar surface area (TPSA) is 137 Å². The van der Waals surface area contributed by atoms with Crippen LogP contribution in [0, 0.1) is 6.92 Å². The number of nitrogens with one attached hydrogen (secondary N) is 2. The van der Waals surface area contributed by atoms with Crippen molar-refractivity contribution in [3.63, 3.8) is 0 Å². The van der Waals surface area contributed by atoms with Gasteiger partial charge in [-0.2, -0.15) is 0 Å². The van der Waals surface area contributed by atoms with Crippen LogP contribution in [0.15, 0.2) is 62.7 Å². The number of aromatic nitrogens is 4. The largest absolute Gasteiger partial charge is 0.519 e. The third-order valence-corrected chi connectivity index (χ3v) is 7.80. The molecule has 4 aromatic rings. The Morgan fingerprint density at radius 2 is 1.33 bits per heavy atom. The number of hydrogen-bond donors (Lipinski definition) is 2. The van der Waals surface area contributed by atoms with E-state index in [1.165, 1.54) is 11.1 Å². The monoisotopic (exact) mass is 635 g/mol. The first-order valence-corrected chi connectivity index (χ1v) is 16.4. The van der Waals surface area contributed by atoms with E-state index in [1.807, 2.05) is 12.4 Å². The molecule has 12 heteroatoms. The summed E-state index contributed by atoms with van der Waals surface area (Å²) >= 11 is 0. The van der Waals surface area contributed by atoms with Gasteiger partial charge in [-0.05, 0) is 69.9 Å². The molecule has 0 aliphatic rings. The summed E-state index contributed by atoms with van der Waals surface area (Å²) in [4.78, 5) is 46.3. The van der Waals surface area contributed by atoms with Crippen molar-refractivity contribution in [3.8, 4) is 0 Å². The maximum atomic E-state index is 12.6. The van der Waals surface area contributed by atoms with Crippen molar-refractivity contribution in [1.29, 1.82) is 0 Å². The van der Waals surface area contributed by atoms with Crippen LogP contribution in [0.25, 0.3) is 0 Å². The molecule has 0 fully saturated rings. The molecule has 3 aromatic heterocycles. The summed E-state index contributed by atoms with van der Waals surface area (Å²) in [6.07, 6.45) is 11.9. The van der Waals surface area contributed by atoms with Gasteiger partial charge in [-0.3, -0.25) is 14.6 Å². The minimum atomic E-state index is -0.792. The van der Waals surface area contributed by atoms with Crippen molar-refractivity contribution in [2.24, 2.45) is 0 Å². The number of carbonyl (C=O) groups is 1. The van der Waals surface area contributed by atoms with Crippen LogP contribution in [0.4, 0.5) is 0 Å². The first-order valence-electron chi connectivity index (χ1n) is 16.4. The second-order valence-electron chi connectivity index (χ2n) is 11.7. The van der Waals surface area contributed by atoms with Crippen molar-refractivity contribution < 1.29 is 18.4 Å². The number of ether oxygens (including phenoxy) is 1. The number of esters is 1. The number of nitrogens with zero attached hydrogens (tertiary/aromatic N) is 5. The minimum Gasteiger partial charge on any atom is -0.457 e. The van der Waals surface area contributed by atoms with Gasteiger partial charge < -0.3 is 28.4 Å². The predicted molar refractivity (Wildman–Crippen MR) is 174 cm³/mol. The molecule has 0 aliphatic carbocycles. The van der Waals surface area contributed by atoms with Crippen LogP contribution >= 0.6 is 0 Å². The van der Waals surface area contributed by atoms with Crippen LogP contribution in [-0.2, 0) is 42.3 Å². The maximum absolute atomic E-state index is 12.6. The fraction of sp³-hybridized carbons (Fsp3) is 0.529. The first kappa shape index (κ1) is 34.9. The normalized spacial score (nSPS) is 11.7. The Hall–Kier alpha value is -4.00. The number of rotatable bonds is 22. The predicted octanol–water partition coefficient (Wildman–Crippen LogP) is 5.03. The molecular formula is C34H49N7O5. The fourth-order valence-corrected chi connectivity index (χ4v) is 5.51. The van der Waals surface area contributed by atoms with E-state index in [4.69, 9.17) is 13.6 Å². The lowest BCUT2D eigenvalue weighted by Crippen LogP contribution is -2.30. The Balaban J connectivity index is 1.33. The number of hydrogen-bond acceptors (Lipinski definition) is 10. The average molecular weight is 636 g/mol. The Morgan fingerprint density at radius 3 is 1.83 bits per heavy atom. The minimum absolute atomic E-state index is 0.112. The zero-order valence-electron chi connectivity index (χ0n) is 27.5. The molecule has 250 valence electrons. The van der Waals surface area contributed by atoms with Crippen molar-refractivity contribution in [2.45, 2.75) is 85.7 Å². The van der Waals surface area contributed by atoms with E-state index in [0.29, 0.717) is 25.4 Å². The molecule has 4 rings (SSSR count). The van der Waals surface area contributed by atoms with Crippen LogP contribution in [0.5, 0.6) is 0 Å². The fourth-order valence-electron chi connectivity index (χ4n) is 5.51. The second-order valence-corrected chi connectivity index (χ2v) is 11.7. The summed E-state index contributed by atoms with van der Waals surface area (Å²) in [6, 6.07) is 8.69. The van der Waals surface area contributed by atoms with Crippen molar-refractivity contribution in [3.05, 3.63) is 94.0 Å². The third kappa shape index (κ3) is 12.1. The highest BCUT2D eigenvalue weighted by molar-refractivity contribution is 5.69. The van der Waals surface area contributed by atoms with E-state index in [2.05, 4.69) is 72.7 Å². The van der Waals surface area contributed by atoms with Crippen molar-refractivity contribution in [2.75, 3.05) is 32.7 Å². The molecule has 3 heterocycles. The Labute approximate surface area is 271 Å². The quantitative estimate of drug-likeness (QED) is 0.0894. The average Bonchev–Trinajstić information content (AvgIpc) is 3.81. The van der Waals surface area contributed by atoms with Gasteiger partial charge in [0.05, 0.1) is 19.5 Å². The summed E-state index contributed by atoms with van der Waals surface area (Å²) in [5.74, 6) is 1.26. The van der Waals surface area contributed by atoms with Gasteiger partial charge in [0.25, 0.3) is 0 Å². The van der Waals surface area contributed by atoms with Gasteiger partial charge in [-0.15, -0.1) is 0 Å². The highest BCUT2D eigenvalue weighted by Gasteiger charge is 2.15. The van der Waals surface area contributed by atoms with Gasteiger partial charge in [0.15, 0.2) is 18.1 Å². The zero-order chi connectivity index (χ0) is 32.6. The molecule has 0 radical (unpaired) electrons. The summed E-state index contributed by atoms with van der Waals surface area (Å²) in [6.45, 7) is 13.6. The first-order chi connectivity index (χ1) is 22.4. The molecular weight excluding hydrogens is 586 g/mol. The summed E-state index contributed by atoms with van der Waals surface area (Å²) in [7, 11) is 0. The molecule has 0 aliphatic heterocycles. The van der Waals surface area contributed by atoms with E-state index in [0.717, 1.165) is 76.6 Å². The number of H-pyrrole nitrogens is 2. The van der Waals surface area contributed by atoms with E-state index in [1.54, 1.807) is 19.3 Å². The molecule has 2 N–H and O–H groups in total. The van der Waals surface area contributed by atoms with Crippen LogP contribution in [0.1, 0.15) is 80.2 Å². The molecule has 12 nitrogen and oxygen atoms in total. The smallest absolute Gasteiger partial charge is 0.457 e. The van der Waals surface area contributed by atoms with Gasteiger partial charge in [0, 0.05) is 44.4 Å². The molecule has 0 spiro atoms. The lowest BCUT2D eigenvalue weighted by molar-refractivity contribution is -0.145. The number of aryl methyl sites for hydroxylation is 1. The van der Waals surface area contributed by atoms with Gasteiger partial charge in [-0.1, -0.05) is 38.1 Å². The molecule has 0 amide bonds. The number of unbranched alkanes of at least 4 members (excludes halogenated alkanes) is 1. The van der Waals surface area contributed by atoms with Crippen molar-refractivity contribution >= 4 is 5.97 Å². The van der Waals surface area contributed by atoms with Crippen LogP contribution in [-0.4, -0.2) is 73.3 Å². The van der Waals surface area contributed by atoms with Crippen LogP contribution < -0.4 is 5.82 Å². The van der Waals surface area contributed by atoms with E-state index < -0.39 is 5.82 Å². The maximum Gasteiger partial charge on any atom is 0.519 e. The highest BCUT2D eigenvalue weighted by atomic mass is 16.6. The van der Waals surface area contributed by atoms with E-state index in [-0.39, 0.29) is 24.8 Å². The summed E-state index contributed by atoms with van der Waals surface area (Å²) in [5, 5.41) is 0. The lowest BCUT2D eigenvalue weighted by Gasteiger charge is -2.24. The Kier molecular flexibility index (Phi) is 14.3. The highest BCUT2D eigenvalue weighted by Crippen LogP contribution is 2.15. The molecule has 46 heavy (non-hydrogen) atoms. The lowest BCUT2D eigenvalue weighted by atomic mass is 10.1. The zero-order valence-corrected chi connectivity index (χ0v) is 27.5. The summed E-state index contributed by atoms with van der Waals surface area (Å²) < 4.78 is 15.2. The number of imidazole rings is 2. The third-order valence-electron chi connectivity index (χ3n) is 7.80. The Morgan fingerprint density at radius 1 is 0.761 bits per heavy atom. The van der Waals surface area contributed by atoms with Gasteiger partial charge in [0.2, 0.25) is 0 Å². The number of carbonyl (C=O) groups excluding carboxylic acids is 1. The SMILES string of the molecule is CCCN(CCC)CCCCN(CCC(=O)OCc1oc(=O)oc1C)Cc1ccc(CN(Cc2ncc[nH]2)Cc2ncc[nH]2)cc1. The standard InChI is InChI=1S/C34H49N7O5/c1-4-17-39(18-5-2)19-6-7-20-40(21-12-33(42)44-26-30-27(3)45-34(43)46-30)22-28-8-10-29(11-9-28)23-41(24-31-35-13-14-36-31)25-32-37-15-16-38-32/h8-11,13-16H,4-7,12,17-26H2,1-3H3,(H,35,36)(H,37,38). The van der Waals surface area contributed by atoms with Crippen LogP contribution in [0.2, 0.25) is 0 Å².